The summed E-state index contributed by atoms with van der Waals surface area (Å²) in [5, 5.41) is 3.41. The first-order chi connectivity index (χ1) is 8.76. The molecule has 0 saturated heterocycles. The van der Waals surface area contributed by atoms with Crippen molar-refractivity contribution >= 4 is 11.6 Å². The Hall–Kier alpha value is -1.88. The van der Waals surface area contributed by atoms with Gasteiger partial charge in [0.1, 0.15) is 5.65 Å². The average Bonchev–Trinajstić information content (AvgIpc) is 3.13. The van der Waals surface area contributed by atoms with Crippen molar-refractivity contribution in [1.82, 2.24) is 14.7 Å². The van der Waals surface area contributed by atoms with Gasteiger partial charge < -0.3 is 14.5 Å². The molecule has 0 atom stereocenters. The lowest BCUT2D eigenvalue weighted by Gasteiger charge is -1.98. The molecular weight excluding hydrogens is 230 g/mol. The molecular formula is C13H15N3O2. The van der Waals surface area contributed by atoms with Gasteiger partial charge in [0.2, 0.25) is 0 Å². The Morgan fingerprint density at radius 2 is 2.44 bits per heavy atom. The van der Waals surface area contributed by atoms with E-state index in [2.05, 4.69) is 10.3 Å². The molecule has 0 aromatic carbocycles. The van der Waals surface area contributed by atoms with Gasteiger partial charge >= 0.3 is 5.97 Å². The fraction of sp³-hybridized carbons (Fsp3) is 0.385. The van der Waals surface area contributed by atoms with Crippen LogP contribution >= 0.6 is 0 Å². The predicted molar refractivity (Wildman–Crippen MR) is 66.4 cm³/mol. The van der Waals surface area contributed by atoms with Gasteiger partial charge in [-0.05, 0) is 25.0 Å². The molecule has 3 rings (SSSR count). The molecule has 0 radical (unpaired) electrons. The summed E-state index contributed by atoms with van der Waals surface area (Å²) in [4.78, 5) is 15.9. The number of esters is 1. The van der Waals surface area contributed by atoms with Gasteiger partial charge in [-0.15, -0.1) is 0 Å². The van der Waals surface area contributed by atoms with E-state index in [9.17, 15) is 4.79 Å². The largest absolute Gasteiger partial charge is 0.465 e. The molecule has 0 aliphatic heterocycles. The number of aromatic nitrogens is 2. The monoisotopic (exact) mass is 245 g/mol. The quantitative estimate of drug-likeness (QED) is 0.827. The van der Waals surface area contributed by atoms with Gasteiger partial charge in [-0.2, -0.15) is 0 Å². The highest BCUT2D eigenvalue weighted by atomic mass is 16.5. The second-order valence-electron chi connectivity index (χ2n) is 4.56. The molecule has 0 spiro atoms. The van der Waals surface area contributed by atoms with Crippen LogP contribution in [-0.2, 0) is 11.3 Å². The third-order valence-corrected chi connectivity index (χ3v) is 3.08. The Kier molecular flexibility index (Phi) is 2.76. The number of nitrogens with one attached hydrogen (secondary N) is 1. The van der Waals surface area contributed by atoms with E-state index in [0.29, 0.717) is 11.6 Å². The molecule has 2 aromatic rings. The number of rotatable bonds is 4. The summed E-state index contributed by atoms with van der Waals surface area (Å²) in [6.45, 7) is 0.778. The lowest BCUT2D eigenvalue weighted by molar-refractivity contribution is 0.0600. The van der Waals surface area contributed by atoms with Crippen LogP contribution < -0.4 is 5.32 Å². The molecule has 1 aliphatic rings. The van der Waals surface area contributed by atoms with E-state index in [-0.39, 0.29) is 5.97 Å². The van der Waals surface area contributed by atoms with Gasteiger partial charge in [-0.3, -0.25) is 0 Å². The number of fused-ring (bicyclic) bond motifs is 1. The molecule has 0 bridgehead atoms. The first kappa shape index (κ1) is 11.2. The summed E-state index contributed by atoms with van der Waals surface area (Å²) in [7, 11) is 1.38. The first-order valence-electron chi connectivity index (χ1n) is 6.05. The zero-order valence-corrected chi connectivity index (χ0v) is 10.2. The van der Waals surface area contributed by atoms with Crippen LogP contribution in [-0.4, -0.2) is 28.5 Å². The third-order valence-electron chi connectivity index (χ3n) is 3.08. The number of imidazole rings is 1. The molecule has 94 valence electrons. The van der Waals surface area contributed by atoms with Crippen molar-refractivity contribution in [2.24, 2.45) is 0 Å². The van der Waals surface area contributed by atoms with Gasteiger partial charge in [0.15, 0.2) is 0 Å². The molecule has 0 amide bonds. The standard InChI is InChI=1S/C13H15N3O2/c1-18-13(17)9-4-5-16-8-11(15-12(16)6-9)7-14-10-2-3-10/h4-6,8,10,14H,2-3,7H2,1H3. The average molecular weight is 245 g/mol. The summed E-state index contributed by atoms with van der Waals surface area (Å²) in [6, 6.07) is 4.14. The molecule has 2 aromatic heterocycles. The molecule has 1 saturated carbocycles. The number of hydrogen-bond acceptors (Lipinski definition) is 4. The summed E-state index contributed by atoms with van der Waals surface area (Å²) >= 11 is 0. The molecule has 5 nitrogen and oxygen atoms in total. The van der Waals surface area contributed by atoms with Crippen LogP contribution in [0, 0.1) is 0 Å². The van der Waals surface area contributed by atoms with Crippen molar-refractivity contribution in [3.8, 4) is 0 Å². The minimum absolute atomic E-state index is 0.335. The van der Waals surface area contributed by atoms with E-state index < -0.39 is 0 Å². The van der Waals surface area contributed by atoms with Crippen molar-refractivity contribution in [2.45, 2.75) is 25.4 Å². The fourth-order valence-electron chi connectivity index (χ4n) is 1.90. The Bertz CT molecular complexity index is 587. The van der Waals surface area contributed by atoms with E-state index in [4.69, 9.17) is 4.74 Å². The zero-order valence-electron chi connectivity index (χ0n) is 10.2. The second kappa shape index (κ2) is 4.42. The smallest absolute Gasteiger partial charge is 0.338 e. The minimum Gasteiger partial charge on any atom is -0.465 e. The Morgan fingerprint density at radius 1 is 1.61 bits per heavy atom. The Morgan fingerprint density at radius 3 is 3.17 bits per heavy atom. The summed E-state index contributed by atoms with van der Waals surface area (Å²) in [6.07, 6.45) is 6.33. The molecule has 1 fully saturated rings. The predicted octanol–water partition coefficient (Wildman–Crippen LogP) is 1.37. The molecule has 0 unspecified atom stereocenters. The van der Waals surface area contributed by atoms with Gasteiger partial charge in [0.25, 0.3) is 0 Å². The highest BCUT2D eigenvalue weighted by Crippen LogP contribution is 2.19. The van der Waals surface area contributed by atoms with Gasteiger partial charge in [-0.25, -0.2) is 9.78 Å². The molecule has 1 N–H and O–H groups in total. The Balaban J connectivity index is 1.83. The van der Waals surface area contributed by atoms with Crippen molar-refractivity contribution in [3.05, 3.63) is 35.8 Å². The maximum atomic E-state index is 11.4. The highest BCUT2D eigenvalue weighted by Gasteiger charge is 2.20. The number of carbonyl (C=O) groups excluding carboxylic acids is 1. The summed E-state index contributed by atoms with van der Waals surface area (Å²) < 4.78 is 6.60. The number of ether oxygens (including phenoxy) is 1. The Labute approximate surface area is 105 Å². The fourth-order valence-corrected chi connectivity index (χ4v) is 1.90. The first-order valence-corrected chi connectivity index (χ1v) is 6.05. The number of hydrogen-bond donors (Lipinski definition) is 1. The van der Waals surface area contributed by atoms with E-state index in [1.165, 1.54) is 20.0 Å². The van der Waals surface area contributed by atoms with Crippen LogP contribution in [0.2, 0.25) is 0 Å². The summed E-state index contributed by atoms with van der Waals surface area (Å²) in [5.41, 5.74) is 2.28. The third kappa shape index (κ3) is 2.22. The van der Waals surface area contributed by atoms with Crippen LogP contribution in [0.1, 0.15) is 28.9 Å². The maximum absolute atomic E-state index is 11.4. The van der Waals surface area contributed by atoms with E-state index in [1.807, 2.05) is 16.8 Å². The van der Waals surface area contributed by atoms with E-state index >= 15 is 0 Å². The normalized spacial score (nSPS) is 14.9. The maximum Gasteiger partial charge on any atom is 0.338 e. The molecule has 5 heteroatoms. The van der Waals surface area contributed by atoms with Crippen LogP contribution in [0.3, 0.4) is 0 Å². The van der Waals surface area contributed by atoms with Crippen LogP contribution in [0.15, 0.2) is 24.5 Å². The minimum atomic E-state index is -0.335. The number of pyridine rings is 1. The number of carbonyl (C=O) groups is 1. The van der Waals surface area contributed by atoms with Crippen LogP contribution in [0.4, 0.5) is 0 Å². The molecule has 1 aliphatic carbocycles. The lowest BCUT2D eigenvalue weighted by atomic mass is 10.3. The second-order valence-corrected chi connectivity index (χ2v) is 4.56. The van der Waals surface area contributed by atoms with Crippen molar-refractivity contribution in [3.63, 3.8) is 0 Å². The molecule has 18 heavy (non-hydrogen) atoms. The highest BCUT2D eigenvalue weighted by molar-refractivity contribution is 5.90. The van der Waals surface area contributed by atoms with Crippen LogP contribution in [0.5, 0.6) is 0 Å². The van der Waals surface area contributed by atoms with E-state index in [1.54, 1.807) is 12.1 Å². The van der Waals surface area contributed by atoms with Gasteiger partial charge in [-0.1, -0.05) is 0 Å². The zero-order chi connectivity index (χ0) is 12.5. The summed E-state index contributed by atoms with van der Waals surface area (Å²) in [5.74, 6) is -0.335. The number of nitrogens with zero attached hydrogens (tertiary/aromatic N) is 2. The van der Waals surface area contributed by atoms with Gasteiger partial charge in [0.05, 0.1) is 18.4 Å². The lowest BCUT2D eigenvalue weighted by Crippen LogP contribution is -2.15. The SMILES string of the molecule is COC(=O)c1ccn2cc(CNC3CC3)nc2c1. The van der Waals surface area contributed by atoms with Crippen molar-refractivity contribution < 1.29 is 9.53 Å². The van der Waals surface area contributed by atoms with Crippen LogP contribution in [0.25, 0.3) is 5.65 Å². The molecule has 2 heterocycles. The van der Waals surface area contributed by atoms with E-state index in [0.717, 1.165) is 17.9 Å². The van der Waals surface area contributed by atoms with Gasteiger partial charge in [0, 0.05) is 25.0 Å². The number of methoxy groups -OCH3 is 1. The topological polar surface area (TPSA) is 55.6 Å². The van der Waals surface area contributed by atoms with Crippen molar-refractivity contribution in [1.29, 1.82) is 0 Å². The van der Waals surface area contributed by atoms with Crippen molar-refractivity contribution in [2.75, 3.05) is 7.11 Å².